The largest absolute Gasteiger partial charge is 0.329 e. The third kappa shape index (κ3) is 1.77. The Balaban J connectivity index is 2.30. The Morgan fingerprint density at radius 1 is 1.39 bits per heavy atom. The Bertz CT molecular complexity index is 716. The van der Waals surface area contributed by atoms with E-state index >= 15 is 0 Å². The summed E-state index contributed by atoms with van der Waals surface area (Å²) in [5.74, 6) is 1.26. The van der Waals surface area contributed by atoms with Gasteiger partial charge in [-0.25, -0.2) is 9.18 Å². The summed E-state index contributed by atoms with van der Waals surface area (Å²) < 4.78 is 14.3. The van der Waals surface area contributed by atoms with Gasteiger partial charge >= 0.3 is 5.69 Å². The van der Waals surface area contributed by atoms with Crippen molar-refractivity contribution >= 4 is 22.7 Å². The number of nitrogens with one attached hydrogen (secondary N) is 1. The van der Waals surface area contributed by atoms with Gasteiger partial charge in [0.2, 0.25) is 0 Å². The monoisotopic (exact) mass is 266 g/mol. The molecule has 1 aromatic carbocycles. The number of hydrogen-bond donors (Lipinski definition) is 1. The van der Waals surface area contributed by atoms with Crippen molar-refractivity contribution in [3.63, 3.8) is 0 Å². The van der Waals surface area contributed by atoms with Crippen LogP contribution >= 0.6 is 11.8 Å². The van der Waals surface area contributed by atoms with Gasteiger partial charge in [-0.05, 0) is 30.4 Å². The summed E-state index contributed by atoms with van der Waals surface area (Å²) in [5, 5.41) is 0.355. The summed E-state index contributed by atoms with van der Waals surface area (Å²) in [6.07, 6.45) is 0.820. The number of halogens is 1. The molecule has 1 aliphatic heterocycles. The lowest BCUT2D eigenvalue weighted by molar-refractivity contribution is 0.519. The van der Waals surface area contributed by atoms with Crippen molar-refractivity contribution in [2.75, 3.05) is 11.5 Å². The van der Waals surface area contributed by atoms with Crippen molar-refractivity contribution < 1.29 is 4.39 Å². The predicted octanol–water partition coefficient (Wildman–Crippen LogP) is 1.51. The molecule has 2 aromatic rings. The average Bonchev–Trinajstić information content (AvgIpc) is 2.82. The Kier molecular flexibility index (Phi) is 2.74. The van der Waals surface area contributed by atoms with Crippen LogP contribution in [0.4, 0.5) is 4.39 Å². The summed E-state index contributed by atoms with van der Waals surface area (Å²) in [4.78, 5) is 26.8. The molecule has 0 amide bonds. The van der Waals surface area contributed by atoms with Crippen molar-refractivity contribution in [3.05, 3.63) is 44.9 Å². The summed E-state index contributed by atoms with van der Waals surface area (Å²) in [5.41, 5.74) is -0.529. The highest BCUT2D eigenvalue weighted by Crippen LogP contribution is 2.25. The highest BCUT2D eigenvalue weighted by atomic mass is 32.2. The standard InChI is InChI=1S/C12H11FN2O2S/c13-7-1-2-9-10(5-7)14-12(17)15(11(9)16)8-3-4-18-6-8/h1-2,5,8H,3-4,6H2,(H,14,17). The molecule has 1 atom stereocenters. The molecule has 4 nitrogen and oxygen atoms in total. The van der Waals surface area contributed by atoms with Gasteiger partial charge in [0, 0.05) is 5.75 Å². The molecule has 0 saturated carbocycles. The Morgan fingerprint density at radius 3 is 2.94 bits per heavy atom. The van der Waals surface area contributed by atoms with E-state index in [1.807, 2.05) is 0 Å². The van der Waals surface area contributed by atoms with Crippen LogP contribution in [0.1, 0.15) is 12.5 Å². The second-order valence-electron chi connectivity index (χ2n) is 4.31. The van der Waals surface area contributed by atoms with Crippen LogP contribution in [0.2, 0.25) is 0 Å². The van der Waals surface area contributed by atoms with Crippen molar-refractivity contribution in [3.8, 4) is 0 Å². The van der Waals surface area contributed by atoms with Crippen molar-refractivity contribution in [2.24, 2.45) is 0 Å². The maximum atomic E-state index is 13.1. The van der Waals surface area contributed by atoms with E-state index in [9.17, 15) is 14.0 Å². The lowest BCUT2D eigenvalue weighted by Crippen LogP contribution is -2.38. The molecule has 18 heavy (non-hydrogen) atoms. The number of aromatic nitrogens is 2. The SMILES string of the molecule is O=c1[nH]c2cc(F)ccc2c(=O)n1C1CCSC1. The van der Waals surface area contributed by atoms with E-state index in [2.05, 4.69) is 4.98 Å². The van der Waals surface area contributed by atoms with Crippen LogP contribution in [0.3, 0.4) is 0 Å². The summed E-state index contributed by atoms with van der Waals surface area (Å²) in [7, 11) is 0. The lowest BCUT2D eigenvalue weighted by atomic mass is 10.2. The molecule has 1 aromatic heterocycles. The molecule has 3 rings (SSSR count). The molecular formula is C12H11FN2O2S. The van der Waals surface area contributed by atoms with E-state index in [-0.39, 0.29) is 17.1 Å². The van der Waals surface area contributed by atoms with E-state index < -0.39 is 11.5 Å². The average molecular weight is 266 g/mol. The number of fused-ring (bicyclic) bond motifs is 1. The van der Waals surface area contributed by atoms with Crippen LogP contribution < -0.4 is 11.2 Å². The molecule has 0 spiro atoms. The Morgan fingerprint density at radius 2 is 2.22 bits per heavy atom. The van der Waals surface area contributed by atoms with Crippen LogP contribution in [0.5, 0.6) is 0 Å². The zero-order chi connectivity index (χ0) is 12.7. The van der Waals surface area contributed by atoms with Gasteiger partial charge in [-0.1, -0.05) is 0 Å². The molecule has 1 N–H and O–H groups in total. The van der Waals surface area contributed by atoms with E-state index in [1.165, 1.54) is 22.8 Å². The molecule has 94 valence electrons. The first-order valence-corrected chi connectivity index (χ1v) is 6.84. The van der Waals surface area contributed by atoms with Gasteiger partial charge in [-0.3, -0.25) is 9.36 Å². The molecule has 6 heteroatoms. The normalized spacial score (nSPS) is 19.5. The second kappa shape index (κ2) is 4.28. The molecule has 1 aliphatic rings. The van der Waals surface area contributed by atoms with E-state index in [1.54, 1.807) is 11.8 Å². The number of hydrogen-bond acceptors (Lipinski definition) is 3. The van der Waals surface area contributed by atoms with Crippen LogP contribution in [-0.4, -0.2) is 21.1 Å². The lowest BCUT2D eigenvalue weighted by Gasteiger charge is -2.12. The Labute approximate surface area is 106 Å². The summed E-state index contributed by atoms with van der Waals surface area (Å²) in [6, 6.07) is 3.77. The second-order valence-corrected chi connectivity index (χ2v) is 5.46. The number of aromatic amines is 1. The maximum absolute atomic E-state index is 13.1. The van der Waals surface area contributed by atoms with E-state index in [4.69, 9.17) is 0 Å². The van der Waals surface area contributed by atoms with Gasteiger partial charge in [0.1, 0.15) is 5.82 Å². The molecule has 1 saturated heterocycles. The molecule has 0 bridgehead atoms. The van der Waals surface area contributed by atoms with Gasteiger partial charge in [0.25, 0.3) is 5.56 Å². The minimum atomic E-state index is -0.466. The maximum Gasteiger partial charge on any atom is 0.329 e. The highest BCUT2D eigenvalue weighted by Gasteiger charge is 2.21. The molecule has 0 radical (unpaired) electrons. The zero-order valence-corrected chi connectivity index (χ0v) is 10.3. The summed E-state index contributed by atoms with van der Waals surface area (Å²) in [6.45, 7) is 0. The van der Waals surface area contributed by atoms with E-state index in [0.29, 0.717) is 5.39 Å². The van der Waals surface area contributed by atoms with Gasteiger partial charge in [-0.15, -0.1) is 0 Å². The molecule has 1 unspecified atom stereocenters. The molecule has 2 heterocycles. The third-order valence-electron chi connectivity index (χ3n) is 3.16. The number of benzene rings is 1. The number of thioether (sulfide) groups is 1. The van der Waals surface area contributed by atoms with E-state index in [0.717, 1.165) is 17.9 Å². The van der Waals surface area contributed by atoms with Crippen LogP contribution in [0.15, 0.2) is 27.8 Å². The van der Waals surface area contributed by atoms with Gasteiger partial charge in [-0.2, -0.15) is 11.8 Å². The smallest absolute Gasteiger partial charge is 0.307 e. The zero-order valence-electron chi connectivity index (χ0n) is 9.48. The van der Waals surface area contributed by atoms with Crippen molar-refractivity contribution in [1.82, 2.24) is 9.55 Å². The molecule has 0 aliphatic carbocycles. The fraction of sp³-hybridized carbons (Fsp3) is 0.333. The summed E-state index contributed by atoms with van der Waals surface area (Å²) >= 11 is 1.73. The highest BCUT2D eigenvalue weighted by molar-refractivity contribution is 7.99. The fourth-order valence-electron chi connectivity index (χ4n) is 2.26. The van der Waals surface area contributed by atoms with Crippen LogP contribution in [0.25, 0.3) is 10.9 Å². The van der Waals surface area contributed by atoms with Crippen molar-refractivity contribution in [1.29, 1.82) is 0 Å². The first kappa shape index (κ1) is 11.5. The van der Waals surface area contributed by atoms with Crippen LogP contribution in [-0.2, 0) is 0 Å². The van der Waals surface area contributed by atoms with Crippen molar-refractivity contribution in [2.45, 2.75) is 12.5 Å². The van der Waals surface area contributed by atoms with Gasteiger partial charge < -0.3 is 4.98 Å². The first-order chi connectivity index (χ1) is 8.66. The molecule has 1 fully saturated rings. The topological polar surface area (TPSA) is 54.9 Å². The van der Waals surface area contributed by atoms with Crippen LogP contribution in [0, 0.1) is 5.82 Å². The van der Waals surface area contributed by atoms with Gasteiger partial charge in [0.05, 0.1) is 16.9 Å². The number of rotatable bonds is 1. The number of nitrogens with zero attached hydrogens (tertiary/aromatic N) is 1. The number of H-pyrrole nitrogens is 1. The molecular weight excluding hydrogens is 255 g/mol. The minimum Gasteiger partial charge on any atom is -0.307 e. The third-order valence-corrected chi connectivity index (χ3v) is 4.31. The van der Waals surface area contributed by atoms with Gasteiger partial charge in [0.15, 0.2) is 0 Å². The Hall–Kier alpha value is -1.56. The quantitative estimate of drug-likeness (QED) is 0.851. The minimum absolute atomic E-state index is 0.0549. The first-order valence-electron chi connectivity index (χ1n) is 5.68. The predicted molar refractivity (Wildman–Crippen MR) is 69.8 cm³/mol. The fourth-order valence-corrected chi connectivity index (χ4v) is 3.45.